The van der Waals surface area contributed by atoms with Crippen molar-refractivity contribution in [3.8, 4) is 0 Å². The molecule has 0 atom stereocenters. The Morgan fingerprint density at radius 1 is 1.24 bits per heavy atom. The summed E-state index contributed by atoms with van der Waals surface area (Å²) in [6.45, 7) is 9.30. The summed E-state index contributed by atoms with van der Waals surface area (Å²) in [7, 11) is 0. The molecule has 0 bridgehead atoms. The van der Waals surface area contributed by atoms with Crippen molar-refractivity contribution in [3.63, 3.8) is 0 Å². The Balaban J connectivity index is 2.92. The number of amides is 1. The van der Waals surface area contributed by atoms with Gasteiger partial charge >= 0.3 is 0 Å². The van der Waals surface area contributed by atoms with Crippen molar-refractivity contribution in [3.05, 3.63) is 30.3 Å². The molecule has 0 heterocycles. The number of para-hydroxylation sites is 1. The Morgan fingerprint density at radius 3 is 2.29 bits per heavy atom. The lowest BCUT2D eigenvalue weighted by atomic mass is 10.0. The fourth-order valence-electron chi connectivity index (χ4n) is 1.91. The van der Waals surface area contributed by atoms with Gasteiger partial charge in [-0.05, 0) is 39.4 Å². The number of anilines is 1. The molecule has 1 rings (SSSR count). The summed E-state index contributed by atoms with van der Waals surface area (Å²) >= 11 is 0. The number of carbonyl (C=O) groups is 1. The molecule has 3 nitrogen and oxygen atoms in total. The van der Waals surface area contributed by atoms with Crippen molar-refractivity contribution >= 4 is 11.6 Å². The van der Waals surface area contributed by atoms with E-state index < -0.39 is 5.54 Å². The second-order valence-electron chi connectivity index (χ2n) is 4.54. The third-order valence-electron chi connectivity index (χ3n) is 2.78. The first-order valence-corrected chi connectivity index (χ1v) is 6.15. The quantitative estimate of drug-likeness (QED) is 0.848. The van der Waals surface area contributed by atoms with Gasteiger partial charge in [0.1, 0.15) is 0 Å². The van der Waals surface area contributed by atoms with Crippen LogP contribution in [0, 0.1) is 0 Å². The SMILES string of the molecule is CCNC(C)(C)C(=O)N(CC)c1ccccc1. The molecule has 0 aliphatic heterocycles. The Morgan fingerprint density at radius 2 is 1.82 bits per heavy atom. The molecule has 17 heavy (non-hydrogen) atoms. The van der Waals surface area contributed by atoms with E-state index in [2.05, 4.69) is 5.32 Å². The number of benzene rings is 1. The molecule has 0 aromatic heterocycles. The minimum Gasteiger partial charge on any atom is -0.311 e. The fraction of sp³-hybridized carbons (Fsp3) is 0.500. The van der Waals surface area contributed by atoms with E-state index in [0.717, 1.165) is 12.2 Å². The Kier molecular flexibility index (Phi) is 4.70. The first-order valence-electron chi connectivity index (χ1n) is 6.15. The van der Waals surface area contributed by atoms with Crippen LogP contribution in [0.25, 0.3) is 0 Å². The van der Waals surface area contributed by atoms with Gasteiger partial charge in [0.15, 0.2) is 0 Å². The topological polar surface area (TPSA) is 32.3 Å². The third kappa shape index (κ3) is 3.30. The zero-order valence-corrected chi connectivity index (χ0v) is 11.2. The van der Waals surface area contributed by atoms with Crippen LogP contribution in [0.4, 0.5) is 5.69 Å². The van der Waals surface area contributed by atoms with E-state index in [-0.39, 0.29) is 5.91 Å². The molecule has 0 aliphatic carbocycles. The summed E-state index contributed by atoms with van der Waals surface area (Å²) < 4.78 is 0. The molecule has 3 heteroatoms. The maximum Gasteiger partial charge on any atom is 0.246 e. The van der Waals surface area contributed by atoms with Crippen LogP contribution < -0.4 is 10.2 Å². The van der Waals surface area contributed by atoms with Gasteiger partial charge in [-0.15, -0.1) is 0 Å². The van der Waals surface area contributed by atoms with Crippen LogP contribution in [-0.4, -0.2) is 24.5 Å². The lowest BCUT2D eigenvalue weighted by molar-refractivity contribution is -0.123. The predicted molar refractivity (Wildman–Crippen MR) is 72.2 cm³/mol. The molecule has 94 valence electrons. The fourth-order valence-corrected chi connectivity index (χ4v) is 1.91. The van der Waals surface area contributed by atoms with Crippen molar-refractivity contribution in [2.75, 3.05) is 18.0 Å². The number of nitrogens with zero attached hydrogens (tertiary/aromatic N) is 1. The lowest BCUT2D eigenvalue weighted by Gasteiger charge is -2.31. The molecule has 1 aromatic carbocycles. The van der Waals surface area contributed by atoms with Gasteiger partial charge in [0, 0.05) is 12.2 Å². The van der Waals surface area contributed by atoms with Crippen LogP contribution >= 0.6 is 0 Å². The van der Waals surface area contributed by atoms with E-state index in [1.54, 1.807) is 0 Å². The Labute approximate surface area is 104 Å². The highest BCUT2D eigenvalue weighted by molar-refractivity contribution is 5.99. The second kappa shape index (κ2) is 5.82. The highest BCUT2D eigenvalue weighted by atomic mass is 16.2. The first-order chi connectivity index (χ1) is 8.03. The second-order valence-corrected chi connectivity index (χ2v) is 4.54. The summed E-state index contributed by atoms with van der Waals surface area (Å²) in [6.07, 6.45) is 0. The zero-order chi connectivity index (χ0) is 12.9. The van der Waals surface area contributed by atoms with E-state index in [1.165, 1.54) is 0 Å². The molecular formula is C14H22N2O. The normalized spacial score (nSPS) is 11.3. The van der Waals surface area contributed by atoms with E-state index in [9.17, 15) is 4.79 Å². The number of carbonyl (C=O) groups excluding carboxylic acids is 1. The molecule has 0 radical (unpaired) electrons. The van der Waals surface area contributed by atoms with E-state index >= 15 is 0 Å². The average molecular weight is 234 g/mol. The number of nitrogens with one attached hydrogen (secondary N) is 1. The molecule has 0 spiro atoms. The number of hydrogen-bond donors (Lipinski definition) is 1. The molecule has 0 saturated heterocycles. The summed E-state index contributed by atoms with van der Waals surface area (Å²) in [4.78, 5) is 14.3. The smallest absolute Gasteiger partial charge is 0.246 e. The summed E-state index contributed by atoms with van der Waals surface area (Å²) in [5.41, 5.74) is 0.423. The van der Waals surface area contributed by atoms with Gasteiger partial charge in [-0.1, -0.05) is 25.1 Å². The standard InChI is InChI=1S/C14H22N2O/c1-5-15-14(3,4)13(17)16(6-2)12-10-8-7-9-11-12/h7-11,15H,5-6H2,1-4H3. The van der Waals surface area contributed by atoms with Crippen LogP contribution in [0.5, 0.6) is 0 Å². The van der Waals surface area contributed by atoms with Gasteiger partial charge < -0.3 is 10.2 Å². The highest BCUT2D eigenvalue weighted by Crippen LogP contribution is 2.17. The molecule has 0 aliphatic rings. The lowest BCUT2D eigenvalue weighted by Crippen LogP contribution is -2.54. The van der Waals surface area contributed by atoms with E-state index in [4.69, 9.17) is 0 Å². The molecule has 0 fully saturated rings. The predicted octanol–water partition coefficient (Wildman–Crippen LogP) is 2.43. The monoisotopic (exact) mass is 234 g/mol. The molecule has 1 aromatic rings. The van der Waals surface area contributed by atoms with Gasteiger partial charge in [0.25, 0.3) is 0 Å². The number of hydrogen-bond acceptors (Lipinski definition) is 2. The van der Waals surface area contributed by atoms with Gasteiger partial charge in [-0.2, -0.15) is 0 Å². The van der Waals surface area contributed by atoms with Crippen LogP contribution in [0.3, 0.4) is 0 Å². The average Bonchev–Trinajstić information content (AvgIpc) is 2.31. The largest absolute Gasteiger partial charge is 0.311 e. The molecule has 1 amide bonds. The third-order valence-corrected chi connectivity index (χ3v) is 2.78. The Bertz CT molecular complexity index is 360. The van der Waals surface area contributed by atoms with Crippen molar-refractivity contribution in [2.24, 2.45) is 0 Å². The van der Waals surface area contributed by atoms with E-state index in [0.29, 0.717) is 6.54 Å². The Hall–Kier alpha value is -1.35. The van der Waals surface area contributed by atoms with Crippen LogP contribution in [0.2, 0.25) is 0 Å². The van der Waals surface area contributed by atoms with Crippen molar-refractivity contribution < 1.29 is 4.79 Å². The van der Waals surface area contributed by atoms with Crippen LogP contribution in [0.1, 0.15) is 27.7 Å². The number of rotatable bonds is 5. The molecule has 0 saturated carbocycles. The van der Waals surface area contributed by atoms with Crippen molar-refractivity contribution in [1.29, 1.82) is 0 Å². The summed E-state index contributed by atoms with van der Waals surface area (Å²) in [6, 6.07) is 9.78. The zero-order valence-electron chi connectivity index (χ0n) is 11.2. The summed E-state index contributed by atoms with van der Waals surface area (Å²) in [5, 5.41) is 3.21. The van der Waals surface area contributed by atoms with Crippen LogP contribution in [-0.2, 0) is 4.79 Å². The van der Waals surface area contributed by atoms with Gasteiger partial charge in [-0.25, -0.2) is 0 Å². The highest BCUT2D eigenvalue weighted by Gasteiger charge is 2.30. The van der Waals surface area contributed by atoms with Gasteiger partial charge in [-0.3, -0.25) is 4.79 Å². The number of likely N-dealkylation sites (N-methyl/N-ethyl adjacent to an activating group) is 2. The minimum absolute atomic E-state index is 0.105. The minimum atomic E-state index is -0.527. The maximum absolute atomic E-state index is 12.4. The molecule has 1 N–H and O–H groups in total. The van der Waals surface area contributed by atoms with Crippen LogP contribution in [0.15, 0.2) is 30.3 Å². The first kappa shape index (κ1) is 13.7. The van der Waals surface area contributed by atoms with Crippen molar-refractivity contribution in [2.45, 2.75) is 33.2 Å². The summed E-state index contributed by atoms with van der Waals surface area (Å²) in [5.74, 6) is 0.105. The molecular weight excluding hydrogens is 212 g/mol. The van der Waals surface area contributed by atoms with Gasteiger partial charge in [0.05, 0.1) is 5.54 Å². The maximum atomic E-state index is 12.4. The van der Waals surface area contributed by atoms with Crippen molar-refractivity contribution in [1.82, 2.24) is 5.32 Å². The van der Waals surface area contributed by atoms with Gasteiger partial charge in [0.2, 0.25) is 5.91 Å². The molecule has 0 unspecified atom stereocenters. The van der Waals surface area contributed by atoms with E-state index in [1.807, 2.05) is 62.9 Å².